The second-order valence-corrected chi connectivity index (χ2v) is 4.63. The number of hydrogen-bond acceptors (Lipinski definition) is 3. The molecule has 124 valence electrons. The van der Waals surface area contributed by atoms with Crippen molar-refractivity contribution in [3.8, 4) is 5.75 Å². The van der Waals surface area contributed by atoms with Gasteiger partial charge in [0.15, 0.2) is 0 Å². The van der Waals surface area contributed by atoms with Gasteiger partial charge in [-0.15, -0.1) is 0 Å². The molecule has 1 aromatic rings. The summed E-state index contributed by atoms with van der Waals surface area (Å²) in [5.74, 6) is 0.276. The van der Waals surface area contributed by atoms with Gasteiger partial charge in [0.1, 0.15) is 12.4 Å². The molecule has 0 fully saturated rings. The predicted octanol–water partition coefficient (Wildman–Crippen LogP) is 4.70. The summed E-state index contributed by atoms with van der Waals surface area (Å²) in [6.07, 6.45) is 0.857. The standard InChI is InChI=1S/C16H21F3O3/c1-3-21-22-11-7-5-4-6-10-20-15-12-14(16(17,18)19)9-8-13(15)2/h5,7-9,12H,3-4,6,10-11H2,1-2H3/b7-5+. The minimum Gasteiger partial charge on any atom is -0.493 e. The van der Waals surface area contributed by atoms with Crippen LogP contribution in [0.3, 0.4) is 0 Å². The summed E-state index contributed by atoms with van der Waals surface area (Å²) >= 11 is 0. The van der Waals surface area contributed by atoms with E-state index in [1.54, 1.807) is 6.92 Å². The Balaban J connectivity index is 2.33. The molecule has 0 N–H and O–H groups in total. The van der Waals surface area contributed by atoms with Crippen LogP contribution in [-0.4, -0.2) is 19.8 Å². The number of allylic oxidation sites excluding steroid dienone is 1. The first-order valence-corrected chi connectivity index (χ1v) is 7.15. The Bertz CT molecular complexity index is 470. The summed E-state index contributed by atoms with van der Waals surface area (Å²) in [5.41, 5.74) is -0.00488. The van der Waals surface area contributed by atoms with E-state index in [9.17, 15) is 13.2 Å². The topological polar surface area (TPSA) is 27.7 Å². The predicted molar refractivity (Wildman–Crippen MR) is 77.6 cm³/mol. The smallest absolute Gasteiger partial charge is 0.416 e. The zero-order valence-electron chi connectivity index (χ0n) is 12.8. The quantitative estimate of drug-likeness (QED) is 0.286. The molecule has 0 radical (unpaired) electrons. The Morgan fingerprint density at radius 3 is 2.59 bits per heavy atom. The third-order valence-corrected chi connectivity index (χ3v) is 2.82. The lowest BCUT2D eigenvalue weighted by molar-refractivity contribution is -0.282. The highest BCUT2D eigenvalue weighted by atomic mass is 19.4. The lowest BCUT2D eigenvalue weighted by atomic mass is 10.1. The first-order chi connectivity index (χ1) is 10.4. The van der Waals surface area contributed by atoms with E-state index in [1.165, 1.54) is 6.07 Å². The molecular formula is C16H21F3O3. The maximum Gasteiger partial charge on any atom is 0.416 e. The molecule has 0 bridgehead atoms. The summed E-state index contributed by atoms with van der Waals surface area (Å²) in [5, 5.41) is 0. The lowest BCUT2D eigenvalue weighted by Gasteiger charge is -2.12. The molecule has 6 heteroatoms. The summed E-state index contributed by atoms with van der Waals surface area (Å²) in [7, 11) is 0. The molecule has 1 aromatic carbocycles. The van der Waals surface area contributed by atoms with E-state index in [0.717, 1.165) is 18.6 Å². The van der Waals surface area contributed by atoms with E-state index in [4.69, 9.17) is 14.5 Å². The first kappa shape index (κ1) is 18.5. The van der Waals surface area contributed by atoms with Crippen molar-refractivity contribution in [2.24, 2.45) is 0 Å². The molecular weight excluding hydrogens is 297 g/mol. The van der Waals surface area contributed by atoms with Gasteiger partial charge in [-0.3, -0.25) is 0 Å². The summed E-state index contributed by atoms with van der Waals surface area (Å²) in [6, 6.07) is 3.52. The van der Waals surface area contributed by atoms with Crippen LogP contribution >= 0.6 is 0 Å². The SMILES string of the molecule is CCOOC/C=C/CCCOc1cc(C(F)(F)F)ccc1C. The minimum atomic E-state index is -4.35. The lowest BCUT2D eigenvalue weighted by Crippen LogP contribution is -2.06. The second kappa shape index (κ2) is 9.48. The fourth-order valence-corrected chi connectivity index (χ4v) is 1.67. The van der Waals surface area contributed by atoms with Gasteiger partial charge < -0.3 is 4.74 Å². The van der Waals surface area contributed by atoms with Crippen LogP contribution in [0.2, 0.25) is 0 Å². The Labute approximate surface area is 128 Å². The van der Waals surface area contributed by atoms with Crippen molar-refractivity contribution in [1.82, 2.24) is 0 Å². The molecule has 0 unspecified atom stereocenters. The molecule has 0 aliphatic heterocycles. The molecule has 0 saturated heterocycles. The molecule has 0 atom stereocenters. The van der Waals surface area contributed by atoms with Crippen molar-refractivity contribution in [1.29, 1.82) is 0 Å². The van der Waals surface area contributed by atoms with Crippen LogP contribution in [0.15, 0.2) is 30.4 Å². The van der Waals surface area contributed by atoms with Crippen LogP contribution in [0, 0.1) is 6.92 Å². The van der Waals surface area contributed by atoms with Crippen LogP contribution in [0.25, 0.3) is 0 Å². The highest BCUT2D eigenvalue weighted by Gasteiger charge is 2.30. The van der Waals surface area contributed by atoms with Gasteiger partial charge in [0.2, 0.25) is 0 Å². The summed E-state index contributed by atoms with van der Waals surface area (Å²) in [6.45, 7) is 4.79. The van der Waals surface area contributed by atoms with Crippen LogP contribution in [0.1, 0.15) is 30.9 Å². The van der Waals surface area contributed by atoms with E-state index in [1.807, 2.05) is 19.1 Å². The number of alkyl halides is 3. The molecule has 1 rings (SSSR count). The van der Waals surface area contributed by atoms with Crippen molar-refractivity contribution in [2.75, 3.05) is 19.8 Å². The van der Waals surface area contributed by atoms with Gasteiger partial charge in [0.05, 0.1) is 18.8 Å². The number of hydrogen-bond donors (Lipinski definition) is 0. The maximum absolute atomic E-state index is 12.6. The summed E-state index contributed by atoms with van der Waals surface area (Å²) < 4.78 is 43.3. The van der Waals surface area contributed by atoms with Gasteiger partial charge in [-0.05, 0) is 44.4 Å². The summed E-state index contributed by atoms with van der Waals surface area (Å²) in [4.78, 5) is 9.50. The van der Waals surface area contributed by atoms with Crippen molar-refractivity contribution in [3.05, 3.63) is 41.5 Å². The molecule has 0 heterocycles. The number of unbranched alkanes of at least 4 members (excludes halogenated alkanes) is 1. The van der Waals surface area contributed by atoms with Gasteiger partial charge in [0.25, 0.3) is 0 Å². The van der Waals surface area contributed by atoms with Crippen molar-refractivity contribution in [3.63, 3.8) is 0 Å². The Kier molecular flexibility index (Phi) is 7.98. The van der Waals surface area contributed by atoms with Crippen LogP contribution in [0.4, 0.5) is 13.2 Å². The first-order valence-electron chi connectivity index (χ1n) is 7.15. The van der Waals surface area contributed by atoms with E-state index >= 15 is 0 Å². The van der Waals surface area contributed by atoms with Crippen LogP contribution < -0.4 is 4.74 Å². The van der Waals surface area contributed by atoms with Gasteiger partial charge >= 0.3 is 6.18 Å². The molecule has 0 spiro atoms. The monoisotopic (exact) mass is 318 g/mol. The van der Waals surface area contributed by atoms with E-state index < -0.39 is 11.7 Å². The van der Waals surface area contributed by atoms with E-state index in [-0.39, 0.29) is 5.75 Å². The van der Waals surface area contributed by atoms with Gasteiger partial charge in [0, 0.05) is 0 Å². The Morgan fingerprint density at radius 1 is 1.14 bits per heavy atom. The van der Waals surface area contributed by atoms with Gasteiger partial charge in [-0.1, -0.05) is 18.2 Å². The molecule has 0 aliphatic carbocycles. The number of rotatable bonds is 9. The third-order valence-electron chi connectivity index (χ3n) is 2.82. The average Bonchev–Trinajstić information content (AvgIpc) is 2.46. The molecule has 0 aromatic heterocycles. The van der Waals surface area contributed by atoms with E-state index in [0.29, 0.717) is 31.8 Å². The van der Waals surface area contributed by atoms with Crippen molar-refractivity contribution < 1.29 is 27.7 Å². The maximum atomic E-state index is 12.6. The zero-order chi connectivity index (χ0) is 16.4. The highest BCUT2D eigenvalue weighted by molar-refractivity contribution is 5.37. The minimum absolute atomic E-state index is 0.276. The third kappa shape index (κ3) is 6.95. The van der Waals surface area contributed by atoms with Crippen molar-refractivity contribution >= 4 is 0 Å². The van der Waals surface area contributed by atoms with Crippen LogP contribution in [-0.2, 0) is 16.0 Å². The zero-order valence-corrected chi connectivity index (χ0v) is 12.8. The second-order valence-electron chi connectivity index (χ2n) is 4.63. The largest absolute Gasteiger partial charge is 0.493 e. The number of ether oxygens (including phenoxy) is 1. The van der Waals surface area contributed by atoms with E-state index in [2.05, 4.69) is 0 Å². The molecule has 3 nitrogen and oxygen atoms in total. The van der Waals surface area contributed by atoms with Crippen LogP contribution in [0.5, 0.6) is 5.75 Å². The van der Waals surface area contributed by atoms with Gasteiger partial charge in [-0.25, -0.2) is 9.78 Å². The van der Waals surface area contributed by atoms with Crippen molar-refractivity contribution in [2.45, 2.75) is 32.9 Å². The molecule has 0 saturated carbocycles. The fourth-order valence-electron chi connectivity index (χ4n) is 1.67. The highest BCUT2D eigenvalue weighted by Crippen LogP contribution is 2.32. The van der Waals surface area contributed by atoms with Gasteiger partial charge in [-0.2, -0.15) is 13.2 Å². The molecule has 22 heavy (non-hydrogen) atoms. The number of halogens is 3. The Morgan fingerprint density at radius 2 is 1.91 bits per heavy atom. The molecule has 0 amide bonds. The fraction of sp³-hybridized carbons (Fsp3) is 0.500. The average molecular weight is 318 g/mol. The normalized spacial score (nSPS) is 12.0. The molecule has 0 aliphatic rings. The Hall–Kier alpha value is -1.53. The number of aryl methyl sites for hydroxylation is 1. The number of benzene rings is 1.